The topological polar surface area (TPSA) is 57.6 Å². The van der Waals surface area contributed by atoms with Crippen LogP contribution in [-0.2, 0) is 9.59 Å². The lowest BCUT2D eigenvalue weighted by Gasteiger charge is -2.35. The maximum atomic E-state index is 12.1. The molecule has 0 aromatic heterocycles. The summed E-state index contributed by atoms with van der Waals surface area (Å²) in [5.41, 5.74) is 0. The van der Waals surface area contributed by atoms with E-state index in [0.29, 0.717) is 4.90 Å². The van der Waals surface area contributed by atoms with Crippen molar-refractivity contribution in [2.24, 2.45) is 11.8 Å². The molecular formula is C9H12F3NO3. The van der Waals surface area contributed by atoms with E-state index in [-0.39, 0.29) is 19.5 Å². The molecule has 7 heteroatoms. The monoisotopic (exact) mass is 239 g/mol. The van der Waals surface area contributed by atoms with Gasteiger partial charge in [0.15, 0.2) is 0 Å². The largest absolute Gasteiger partial charge is 0.481 e. The highest BCUT2D eigenvalue weighted by atomic mass is 19.4. The molecule has 4 nitrogen and oxygen atoms in total. The Kier molecular flexibility index (Phi) is 3.44. The average molecular weight is 239 g/mol. The Hall–Kier alpha value is -1.27. The number of nitrogens with zero attached hydrogens (tertiary/aromatic N) is 1. The summed E-state index contributed by atoms with van der Waals surface area (Å²) < 4.78 is 36.3. The van der Waals surface area contributed by atoms with Crippen molar-refractivity contribution in [1.29, 1.82) is 0 Å². The fourth-order valence-electron chi connectivity index (χ4n) is 1.88. The van der Waals surface area contributed by atoms with Crippen LogP contribution >= 0.6 is 0 Å². The third kappa shape index (κ3) is 2.65. The van der Waals surface area contributed by atoms with Crippen molar-refractivity contribution in [3.63, 3.8) is 0 Å². The van der Waals surface area contributed by atoms with E-state index >= 15 is 0 Å². The number of halogens is 3. The zero-order chi connectivity index (χ0) is 12.5. The number of carboxylic acid groups (broad SMARTS) is 1. The number of carbonyl (C=O) groups excluding carboxylic acids is 1. The van der Waals surface area contributed by atoms with Crippen molar-refractivity contribution in [1.82, 2.24) is 4.90 Å². The Labute approximate surface area is 90.0 Å². The highest BCUT2D eigenvalue weighted by Crippen LogP contribution is 2.27. The summed E-state index contributed by atoms with van der Waals surface area (Å²) in [6, 6.07) is 0. The number of hydrogen-bond acceptors (Lipinski definition) is 2. The number of rotatable bonds is 1. The van der Waals surface area contributed by atoms with E-state index < -0.39 is 29.9 Å². The van der Waals surface area contributed by atoms with Gasteiger partial charge in [0.05, 0.1) is 5.92 Å². The number of carboxylic acids is 1. The summed E-state index contributed by atoms with van der Waals surface area (Å²) in [7, 11) is 0. The average Bonchev–Trinajstić information content (AvgIpc) is 2.14. The highest BCUT2D eigenvalue weighted by molar-refractivity contribution is 5.82. The minimum Gasteiger partial charge on any atom is -0.481 e. The van der Waals surface area contributed by atoms with Crippen molar-refractivity contribution >= 4 is 11.9 Å². The first kappa shape index (κ1) is 12.8. The smallest absolute Gasteiger partial charge is 0.471 e. The third-order valence-corrected chi connectivity index (χ3v) is 2.75. The maximum Gasteiger partial charge on any atom is 0.471 e. The van der Waals surface area contributed by atoms with Gasteiger partial charge < -0.3 is 10.0 Å². The van der Waals surface area contributed by atoms with Crippen molar-refractivity contribution < 1.29 is 27.9 Å². The summed E-state index contributed by atoms with van der Waals surface area (Å²) in [6.45, 7) is 1.23. The van der Waals surface area contributed by atoms with Gasteiger partial charge in [-0.2, -0.15) is 13.2 Å². The first-order chi connectivity index (χ1) is 7.23. The summed E-state index contributed by atoms with van der Waals surface area (Å²) >= 11 is 0. The van der Waals surface area contributed by atoms with E-state index in [2.05, 4.69) is 0 Å². The van der Waals surface area contributed by atoms with Crippen LogP contribution in [0.3, 0.4) is 0 Å². The van der Waals surface area contributed by atoms with Gasteiger partial charge in [-0.15, -0.1) is 0 Å². The van der Waals surface area contributed by atoms with E-state index in [9.17, 15) is 22.8 Å². The van der Waals surface area contributed by atoms with Crippen LogP contribution in [0, 0.1) is 11.8 Å². The predicted molar refractivity (Wildman–Crippen MR) is 47.5 cm³/mol. The maximum absolute atomic E-state index is 12.1. The second kappa shape index (κ2) is 4.31. The molecular weight excluding hydrogens is 227 g/mol. The molecule has 1 aliphatic heterocycles. The van der Waals surface area contributed by atoms with Crippen LogP contribution < -0.4 is 0 Å². The zero-order valence-electron chi connectivity index (χ0n) is 8.62. The Morgan fingerprint density at radius 2 is 1.94 bits per heavy atom. The highest BCUT2D eigenvalue weighted by Gasteiger charge is 2.45. The van der Waals surface area contributed by atoms with Gasteiger partial charge >= 0.3 is 18.1 Å². The normalized spacial score (nSPS) is 26.6. The molecule has 92 valence electrons. The predicted octanol–water partition coefficient (Wildman–Crippen LogP) is 1.12. The number of aliphatic carboxylic acids is 1. The van der Waals surface area contributed by atoms with E-state index in [0.717, 1.165) is 0 Å². The molecule has 1 fully saturated rings. The van der Waals surface area contributed by atoms with Gasteiger partial charge in [0.25, 0.3) is 0 Å². The first-order valence-electron chi connectivity index (χ1n) is 4.82. The molecule has 0 unspecified atom stereocenters. The van der Waals surface area contributed by atoms with E-state index in [4.69, 9.17) is 5.11 Å². The van der Waals surface area contributed by atoms with E-state index in [1.54, 1.807) is 0 Å². The molecule has 1 amide bonds. The third-order valence-electron chi connectivity index (χ3n) is 2.75. The Bertz CT molecular complexity index is 303. The van der Waals surface area contributed by atoms with Crippen molar-refractivity contribution in [2.45, 2.75) is 19.5 Å². The first-order valence-corrected chi connectivity index (χ1v) is 4.82. The van der Waals surface area contributed by atoms with Gasteiger partial charge in [-0.05, 0) is 12.3 Å². The number of amides is 1. The molecule has 16 heavy (non-hydrogen) atoms. The fraction of sp³-hybridized carbons (Fsp3) is 0.778. The fourth-order valence-corrected chi connectivity index (χ4v) is 1.88. The molecule has 1 saturated heterocycles. The zero-order valence-corrected chi connectivity index (χ0v) is 8.62. The number of likely N-dealkylation sites (tertiary alicyclic amines) is 1. The van der Waals surface area contributed by atoms with Crippen molar-refractivity contribution in [2.75, 3.05) is 13.1 Å². The molecule has 1 rings (SSSR count). The lowest BCUT2D eigenvalue weighted by molar-refractivity contribution is -0.188. The van der Waals surface area contributed by atoms with Gasteiger partial charge in [0.2, 0.25) is 0 Å². The molecule has 1 aliphatic rings. The summed E-state index contributed by atoms with van der Waals surface area (Å²) in [5, 5.41) is 8.77. The van der Waals surface area contributed by atoms with Crippen molar-refractivity contribution in [3.8, 4) is 0 Å². The van der Waals surface area contributed by atoms with Gasteiger partial charge in [-0.1, -0.05) is 6.92 Å². The lowest BCUT2D eigenvalue weighted by atomic mass is 9.87. The van der Waals surface area contributed by atoms with Gasteiger partial charge in [-0.25, -0.2) is 0 Å². The Balaban J connectivity index is 2.65. The molecule has 0 radical (unpaired) electrons. The summed E-state index contributed by atoms with van der Waals surface area (Å²) in [4.78, 5) is 22.3. The van der Waals surface area contributed by atoms with Gasteiger partial charge in [0, 0.05) is 13.1 Å². The van der Waals surface area contributed by atoms with E-state index in [1.165, 1.54) is 6.92 Å². The second-order valence-electron chi connectivity index (χ2n) is 3.96. The number of piperidine rings is 1. The summed E-state index contributed by atoms with van der Waals surface area (Å²) in [5.74, 6) is -4.04. The molecule has 0 spiro atoms. The van der Waals surface area contributed by atoms with Crippen LogP contribution in [0.1, 0.15) is 13.3 Å². The molecule has 0 bridgehead atoms. The molecule has 0 aromatic carbocycles. The molecule has 0 saturated carbocycles. The van der Waals surface area contributed by atoms with Crippen LogP contribution in [0.25, 0.3) is 0 Å². The van der Waals surface area contributed by atoms with E-state index in [1.807, 2.05) is 0 Å². The Morgan fingerprint density at radius 3 is 2.31 bits per heavy atom. The van der Waals surface area contributed by atoms with Crippen molar-refractivity contribution in [3.05, 3.63) is 0 Å². The molecule has 0 aliphatic carbocycles. The van der Waals surface area contributed by atoms with Crippen LogP contribution in [0.15, 0.2) is 0 Å². The van der Waals surface area contributed by atoms with Crippen LogP contribution in [0.4, 0.5) is 13.2 Å². The number of hydrogen-bond donors (Lipinski definition) is 1. The quantitative estimate of drug-likeness (QED) is 0.745. The molecule has 1 heterocycles. The minimum absolute atomic E-state index is 0.0678. The van der Waals surface area contributed by atoms with Crippen LogP contribution in [-0.4, -0.2) is 41.1 Å². The van der Waals surface area contributed by atoms with Gasteiger partial charge in [0.1, 0.15) is 0 Å². The molecule has 2 atom stereocenters. The second-order valence-corrected chi connectivity index (χ2v) is 3.96. The number of carbonyl (C=O) groups is 2. The van der Waals surface area contributed by atoms with Crippen LogP contribution in [0.5, 0.6) is 0 Å². The standard InChI is InChI=1S/C9H12F3NO3/c1-5-4-13(8(16)9(10,11)12)3-2-6(5)7(14)15/h5-6H,2-4H2,1H3,(H,14,15)/t5-,6+/m0/s1. The minimum atomic E-state index is -4.88. The van der Waals surface area contributed by atoms with Crippen LogP contribution in [0.2, 0.25) is 0 Å². The molecule has 0 aromatic rings. The SMILES string of the molecule is C[C@H]1CN(C(=O)C(F)(F)F)CC[C@H]1C(=O)O. The van der Waals surface area contributed by atoms with Gasteiger partial charge in [-0.3, -0.25) is 9.59 Å². The summed E-state index contributed by atoms with van der Waals surface area (Å²) in [6.07, 6.45) is -4.81. The number of alkyl halides is 3. The Morgan fingerprint density at radius 1 is 1.38 bits per heavy atom. The molecule has 1 N–H and O–H groups in total. The lowest BCUT2D eigenvalue weighted by Crippen LogP contribution is -2.49.